The SMILES string of the molecule is Cc1cc(N)c(F)c([C@@H]2Cc3nc(OC[C@@]45CCCN4C[C@H](F)C5)nc(N4CCC[C@]5(C4)NC(=O)NC5=O)c3CO2)c1C(F)(F)F. The third-order valence-corrected chi connectivity index (χ3v) is 10.0. The lowest BCUT2D eigenvalue weighted by Gasteiger charge is -2.40. The summed E-state index contributed by atoms with van der Waals surface area (Å²) in [7, 11) is 0. The lowest BCUT2D eigenvalue weighted by molar-refractivity contribution is -0.140. The van der Waals surface area contributed by atoms with E-state index in [1.165, 1.54) is 6.92 Å². The summed E-state index contributed by atoms with van der Waals surface area (Å²) in [5, 5.41) is 5.01. The number of anilines is 2. The molecule has 4 saturated heterocycles. The first-order valence-corrected chi connectivity index (χ1v) is 15.4. The Morgan fingerprint density at radius 2 is 1.98 bits per heavy atom. The Labute approximate surface area is 261 Å². The lowest BCUT2D eigenvalue weighted by Crippen LogP contribution is -2.59. The van der Waals surface area contributed by atoms with Crippen LogP contribution in [0.1, 0.15) is 66.2 Å². The summed E-state index contributed by atoms with van der Waals surface area (Å²) >= 11 is 0. The van der Waals surface area contributed by atoms with Crippen LogP contribution in [0.2, 0.25) is 0 Å². The van der Waals surface area contributed by atoms with E-state index in [1.54, 1.807) is 4.90 Å². The van der Waals surface area contributed by atoms with E-state index >= 15 is 4.39 Å². The maximum atomic E-state index is 15.4. The number of carbonyl (C=O) groups is 2. The number of rotatable bonds is 5. The van der Waals surface area contributed by atoms with Crippen molar-refractivity contribution in [1.29, 1.82) is 0 Å². The molecular formula is C30H34F5N7O4. The summed E-state index contributed by atoms with van der Waals surface area (Å²) in [5.41, 5.74) is 2.28. The standard InChI is InChI=1S/C30H34F5N7O4/c1-15-8-18(36)23(32)21(22(15)30(33,34)35)20-9-19-17(12-45-20)24(41-6-3-5-29(13-41)25(43)39-26(44)40-29)38-27(37-19)46-14-28-4-2-7-42(28)11-16(31)10-28/h8,16,20H,2-7,9-14,36H2,1H3,(H2,39,40,43,44)/t16-,20+,28+,29-/m1/s1. The average molecular weight is 652 g/mol. The molecule has 0 saturated carbocycles. The lowest BCUT2D eigenvalue weighted by atomic mass is 9.88. The second kappa shape index (κ2) is 10.9. The number of imide groups is 1. The number of halogens is 5. The molecule has 0 unspecified atom stereocenters. The maximum absolute atomic E-state index is 15.4. The normalized spacial score (nSPS) is 29.6. The summed E-state index contributed by atoms with van der Waals surface area (Å²) in [5.74, 6) is -1.34. The molecule has 1 aromatic heterocycles. The Balaban J connectivity index is 1.27. The van der Waals surface area contributed by atoms with E-state index in [-0.39, 0.29) is 37.8 Å². The fourth-order valence-electron chi connectivity index (χ4n) is 7.97. The van der Waals surface area contributed by atoms with Crippen molar-refractivity contribution in [3.8, 4) is 6.01 Å². The van der Waals surface area contributed by atoms with Gasteiger partial charge in [-0.3, -0.25) is 15.0 Å². The van der Waals surface area contributed by atoms with Crippen molar-refractivity contribution in [2.75, 3.05) is 43.4 Å². The molecule has 5 aliphatic rings. The number of amides is 3. The monoisotopic (exact) mass is 651 g/mol. The van der Waals surface area contributed by atoms with Gasteiger partial charge in [0.15, 0.2) is 5.82 Å². The molecule has 46 heavy (non-hydrogen) atoms. The van der Waals surface area contributed by atoms with E-state index in [9.17, 15) is 27.2 Å². The van der Waals surface area contributed by atoms with Crippen LogP contribution >= 0.6 is 0 Å². The number of nitrogen functional groups attached to an aromatic ring is 1. The zero-order valence-electron chi connectivity index (χ0n) is 25.1. The van der Waals surface area contributed by atoms with Crippen molar-refractivity contribution in [1.82, 2.24) is 25.5 Å². The van der Waals surface area contributed by atoms with Crippen LogP contribution in [0.4, 0.5) is 38.3 Å². The molecule has 6 heterocycles. The fraction of sp³-hybridized carbons (Fsp3) is 0.600. The van der Waals surface area contributed by atoms with Gasteiger partial charge in [-0.2, -0.15) is 23.1 Å². The molecule has 7 rings (SSSR count). The largest absolute Gasteiger partial charge is 0.461 e. The molecule has 16 heteroatoms. The quantitative estimate of drug-likeness (QED) is 0.252. The predicted octanol–water partition coefficient (Wildman–Crippen LogP) is 3.47. The topological polar surface area (TPSA) is 135 Å². The Kier molecular flexibility index (Phi) is 7.30. The van der Waals surface area contributed by atoms with Crippen LogP contribution in [0.3, 0.4) is 0 Å². The molecule has 248 valence electrons. The van der Waals surface area contributed by atoms with E-state index in [0.717, 1.165) is 25.5 Å². The zero-order valence-corrected chi connectivity index (χ0v) is 25.1. The van der Waals surface area contributed by atoms with E-state index < -0.39 is 64.1 Å². The smallest absolute Gasteiger partial charge is 0.417 e. The predicted molar refractivity (Wildman–Crippen MR) is 153 cm³/mol. The number of carbonyl (C=O) groups excluding carboxylic acids is 2. The number of aryl methyl sites for hydroxylation is 1. The second-order valence-corrected chi connectivity index (χ2v) is 13.0. The van der Waals surface area contributed by atoms with E-state index in [2.05, 4.69) is 25.5 Å². The third-order valence-electron chi connectivity index (χ3n) is 10.0. The van der Waals surface area contributed by atoms with E-state index in [4.69, 9.17) is 15.2 Å². The number of nitrogens with two attached hydrogens (primary N) is 1. The van der Waals surface area contributed by atoms with Gasteiger partial charge >= 0.3 is 18.2 Å². The first-order valence-electron chi connectivity index (χ1n) is 15.4. The number of aromatic nitrogens is 2. The summed E-state index contributed by atoms with van der Waals surface area (Å²) in [6.45, 7) is 2.63. The van der Waals surface area contributed by atoms with Gasteiger partial charge in [0.05, 0.1) is 41.7 Å². The number of urea groups is 1. The van der Waals surface area contributed by atoms with E-state index in [0.29, 0.717) is 49.4 Å². The number of piperidine rings is 1. The number of nitrogens with zero attached hydrogens (tertiary/aromatic N) is 4. The molecule has 1 aromatic carbocycles. The van der Waals surface area contributed by atoms with Crippen molar-refractivity contribution in [3.63, 3.8) is 0 Å². The number of nitrogens with one attached hydrogen (secondary N) is 2. The number of benzene rings is 1. The van der Waals surface area contributed by atoms with Crippen molar-refractivity contribution < 1.29 is 41.0 Å². The van der Waals surface area contributed by atoms with Gasteiger partial charge in [-0.15, -0.1) is 0 Å². The Morgan fingerprint density at radius 1 is 1.20 bits per heavy atom. The summed E-state index contributed by atoms with van der Waals surface area (Å²) in [6.07, 6.45) is -4.64. The third kappa shape index (κ3) is 5.09. The Hall–Kier alpha value is -3.79. The Bertz CT molecular complexity index is 1610. The van der Waals surface area contributed by atoms with Gasteiger partial charge in [0, 0.05) is 37.1 Å². The van der Waals surface area contributed by atoms with Crippen LogP contribution in [-0.2, 0) is 28.7 Å². The highest BCUT2D eigenvalue weighted by molar-refractivity contribution is 6.07. The first-order chi connectivity index (χ1) is 21.8. The Morgan fingerprint density at radius 3 is 2.72 bits per heavy atom. The minimum Gasteiger partial charge on any atom is -0.461 e. The molecule has 4 atom stereocenters. The summed E-state index contributed by atoms with van der Waals surface area (Å²) in [6, 6.07) is 0.276. The van der Waals surface area contributed by atoms with Gasteiger partial charge in [0.25, 0.3) is 5.91 Å². The molecule has 2 aromatic rings. The van der Waals surface area contributed by atoms with Gasteiger partial charge in [0.1, 0.15) is 24.1 Å². The molecule has 11 nitrogen and oxygen atoms in total. The second-order valence-electron chi connectivity index (χ2n) is 13.0. The molecule has 0 aliphatic carbocycles. The van der Waals surface area contributed by atoms with Crippen LogP contribution in [0.25, 0.3) is 0 Å². The van der Waals surface area contributed by atoms with Crippen LogP contribution < -0.4 is 26.0 Å². The number of alkyl halides is 4. The average Bonchev–Trinajstić information content (AvgIpc) is 3.60. The van der Waals surface area contributed by atoms with Gasteiger partial charge in [0.2, 0.25) is 0 Å². The molecule has 5 aliphatic heterocycles. The summed E-state index contributed by atoms with van der Waals surface area (Å²) < 4.78 is 84.6. The number of hydrogen-bond acceptors (Lipinski definition) is 9. The fourth-order valence-corrected chi connectivity index (χ4v) is 7.97. The number of hydrogen-bond donors (Lipinski definition) is 3. The molecule has 4 N–H and O–H groups in total. The van der Waals surface area contributed by atoms with Gasteiger partial charge in [-0.1, -0.05) is 0 Å². The number of fused-ring (bicyclic) bond motifs is 2. The van der Waals surface area contributed by atoms with E-state index in [1.807, 2.05) is 0 Å². The minimum absolute atomic E-state index is 0.0689. The maximum Gasteiger partial charge on any atom is 0.417 e. The molecular weight excluding hydrogens is 617 g/mol. The van der Waals surface area contributed by atoms with Crippen molar-refractivity contribution in [2.24, 2.45) is 0 Å². The molecule has 0 bridgehead atoms. The molecule has 0 radical (unpaired) electrons. The highest BCUT2D eigenvalue weighted by Gasteiger charge is 2.51. The van der Waals surface area contributed by atoms with Crippen molar-refractivity contribution >= 4 is 23.4 Å². The summed E-state index contributed by atoms with van der Waals surface area (Å²) in [4.78, 5) is 38.0. The minimum atomic E-state index is -4.88. The van der Waals surface area contributed by atoms with Crippen molar-refractivity contribution in [3.05, 3.63) is 39.8 Å². The molecule has 1 spiro atoms. The number of ether oxygens (including phenoxy) is 2. The molecule has 4 fully saturated rings. The highest BCUT2D eigenvalue weighted by atomic mass is 19.4. The van der Waals surface area contributed by atoms with Crippen LogP contribution in [-0.4, -0.2) is 76.8 Å². The van der Waals surface area contributed by atoms with Crippen LogP contribution in [0, 0.1) is 12.7 Å². The van der Waals surface area contributed by atoms with Crippen LogP contribution in [0.15, 0.2) is 6.07 Å². The van der Waals surface area contributed by atoms with Gasteiger partial charge in [-0.05, 0) is 50.8 Å². The van der Waals surface area contributed by atoms with Gasteiger partial charge in [-0.25, -0.2) is 13.6 Å². The van der Waals surface area contributed by atoms with Crippen LogP contribution in [0.5, 0.6) is 6.01 Å². The first kappa shape index (κ1) is 30.8. The van der Waals surface area contributed by atoms with Crippen molar-refractivity contribution in [2.45, 2.75) is 81.6 Å². The molecule has 3 amide bonds. The highest BCUT2D eigenvalue weighted by Crippen LogP contribution is 2.45. The zero-order chi connectivity index (χ0) is 32.6. The van der Waals surface area contributed by atoms with Gasteiger partial charge < -0.3 is 25.4 Å².